The smallest absolute Gasteiger partial charge is 0.225 e. The van der Waals surface area contributed by atoms with Crippen LogP contribution in [0.2, 0.25) is 0 Å². The second kappa shape index (κ2) is 4.74. The topological polar surface area (TPSA) is 32.3 Å². The van der Waals surface area contributed by atoms with Gasteiger partial charge in [-0.1, -0.05) is 20.8 Å². The van der Waals surface area contributed by atoms with E-state index in [2.05, 4.69) is 31.0 Å². The molecule has 0 aromatic carbocycles. The summed E-state index contributed by atoms with van der Waals surface area (Å²) in [7, 11) is 0. The summed E-state index contributed by atoms with van der Waals surface area (Å²) in [5.74, 6) is 0.981. The van der Waals surface area contributed by atoms with Crippen molar-refractivity contribution >= 4 is 5.91 Å². The van der Waals surface area contributed by atoms with Gasteiger partial charge in [0.2, 0.25) is 5.91 Å². The van der Waals surface area contributed by atoms with Crippen LogP contribution in [0.4, 0.5) is 0 Å². The minimum absolute atomic E-state index is 0.166. The van der Waals surface area contributed by atoms with E-state index in [1.165, 1.54) is 6.42 Å². The van der Waals surface area contributed by atoms with E-state index in [4.69, 9.17) is 0 Å². The molecule has 2 fully saturated rings. The first-order valence-corrected chi connectivity index (χ1v) is 6.65. The van der Waals surface area contributed by atoms with Crippen LogP contribution in [0.25, 0.3) is 0 Å². The van der Waals surface area contributed by atoms with Crippen molar-refractivity contribution in [3.05, 3.63) is 0 Å². The highest BCUT2D eigenvalue weighted by atomic mass is 16.2. The van der Waals surface area contributed by atoms with Crippen molar-refractivity contribution in [2.45, 2.75) is 52.1 Å². The second-order valence-corrected chi connectivity index (χ2v) is 5.62. The molecule has 2 heterocycles. The van der Waals surface area contributed by atoms with Crippen LogP contribution in [0.15, 0.2) is 0 Å². The lowest BCUT2D eigenvalue weighted by atomic mass is 9.92. The van der Waals surface area contributed by atoms with Crippen LogP contribution in [-0.4, -0.2) is 36.0 Å². The molecular formula is C13H24N2O. The van der Waals surface area contributed by atoms with Gasteiger partial charge < -0.3 is 10.2 Å². The highest BCUT2D eigenvalue weighted by Gasteiger charge is 2.38. The molecule has 0 saturated carbocycles. The average Bonchev–Trinajstić information content (AvgIpc) is 2.74. The van der Waals surface area contributed by atoms with E-state index in [0.717, 1.165) is 25.9 Å². The van der Waals surface area contributed by atoms with Crippen molar-refractivity contribution in [2.75, 3.05) is 13.1 Å². The van der Waals surface area contributed by atoms with Gasteiger partial charge in [-0.2, -0.15) is 0 Å². The third-order valence-corrected chi connectivity index (χ3v) is 4.30. The van der Waals surface area contributed by atoms with E-state index >= 15 is 0 Å². The summed E-state index contributed by atoms with van der Waals surface area (Å²) in [5, 5.41) is 3.52. The second-order valence-electron chi connectivity index (χ2n) is 5.62. The SMILES string of the molecule is CC(C)C(C)C(=O)N1CCCC2NCCC21. The lowest BCUT2D eigenvalue weighted by Crippen LogP contribution is -2.52. The van der Waals surface area contributed by atoms with E-state index in [1.54, 1.807) is 0 Å². The lowest BCUT2D eigenvalue weighted by molar-refractivity contribution is -0.140. The summed E-state index contributed by atoms with van der Waals surface area (Å²) in [5.41, 5.74) is 0. The van der Waals surface area contributed by atoms with Gasteiger partial charge in [-0.05, 0) is 31.7 Å². The van der Waals surface area contributed by atoms with Gasteiger partial charge >= 0.3 is 0 Å². The first-order valence-electron chi connectivity index (χ1n) is 6.65. The van der Waals surface area contributed by atoms with Crippen molar-refractivity contribution in [2.24, 2.45) is 11.8 Å². The Hall–Kier alpha value is -0.570. The van der Waals surface area contributed by atoms with Crippen LogP contribution in [0.5, 0.6) is 0 Å². The third kappa shape index (κ3) is 2.10. The molecule has 0 spiro atoms. The van der Waals surface area contributed by atoms with Crippen LogP contribution in [0.1, 0.15) is 40.0 Å². The average molecular weight is 224 g/mol. The zero-order valence-electron chi connectivity index (χ0n) is 10.7. The maximum Gasteiger partial charge on any atom is 0.225 e. The number of carbonyl (C=O) groups excluding carboxylic acids is 1. The lowest BCUT2D eigenvalue weighted by Gasteiger charge is -2.39. The molecule has 16 heavy (non-hydrogen) atoms. The van der Waals surface area contributed by atoms with Gasteiger partial charge in [0.25, 0.3) is 0 Å². The first kappa shape index (κ1) is 11.9. The van der Waals surface area contributed by atoms with Crippen molar-refractivity contribution in [3.8, 4) is 0 Å². The standard InChI is InChI=1S/C13H24N2O/c1-9(2)10(3)13(16)15-8-4-5-11-12(15)6-7-14-11/h9-12,14H,4-8H2,1-3H3. The predicted octanol–water partition coefficient (Wildman–Crippen LogP) is 1.63. The number of carbonyl (C=O) groups is 1. The minimum Gasteiger partial charge on any atom is -0.338 e. The number of nitrogens with one attached hydrogen (secondary N) is 1. The Morgan fingerprint density at radius 3 is 2.75 bits per heavy atom. The Morgan fingerprint density at radius 2 is 2.06 bits per heavy atom. The normalized spacial score (nSPS) is 31.6. The number of nitrogens with zero attached hydrogens (tertiary/aromatic N) is 1. The molecule has 0 bridgehead atoms. The molecule has 0 aromatic rings. The van der Waals surface area contributed by atoms with E-state index in [9.17, 15) is 4.79 Å². The maximum atomic E-state index is 12.4. The van der Waals surface area contributed by atoms with Gasteiger partial charge in [-0.25, -0.2) is 0 Å². The highest BCUT2D eigenvalue weighted by Crippen LogP contribution is 2.27. The molecule has 2 saturated heterocycles. The maximum absolute atomic E-state index is 12.4. The fourth-order valence-electron chi connectivity index (χ4n) is 2.89. The number of amides is 1. The number of hydrogen-bond acceptors (Lipinski definition) is 2. The Kier molecular flexibility index (Phi) is 3.53. The molecule has 2 aliphatic rings. The number of rotatable bonds is 2. The van der Waals surface area contributed by atoms with E-state index in [-0.39, 0.29) is 5.92 Å². The summed E-state index contributed by atoms with van der Waals surface area (Å²) in [6.45, 7) is 8.39. The van der Waals surface area contributed by atoms with Gasteiger partial charge in [-0.3, -0.25) is 4.79 Å². The minimum atomic E-state index is 0.166. The number of hydrogen-bond donors (Lipinski definition) is 1. The molecule has 1 amide bonds. The molecule has 1 N–H and O–H groups in total. The molecule has 0 radical (unpaired) electrons. The van der Waals surface area contributed by atoms with Crippen molar-refractivity contribution in [1.29, 1.82) is 0 Å². The Bertz CT molecular complexity index is 265. The number of likely N-dealkylation sites (tertiary alicyclic amines) is 1. The monoisotopic (exact) mass is 224 g/mol. The molecule has 92 valence electrons. The molecule has 2 aliphatic heterocycles. The Labute approximate surface area is 98.6 Å². The summed E-state index contributed by atoms with van der Waals surface area (Å²) in [6.07, 6.45) is 3.54. The fraction of sp³-hybridized carbons (Fsp3) is 0.923. The Morgan fingerprint density at radius 1 is 1.31 bits per heavy atom. The van der Waals surface area contributed by atoms with E-state index in [0.29, 0.717) is 23.9 Å². The van der Waals surface area contributed by atoms with Crippen molar-refractivity contribution in [1.82, 2.24) is 10.2 Å². The summed E-state index contributed by atoms with van der Waals surface area (Å²) in [6, 6.07) is 1.04. The molecule has 0 aromatic heterocycles. The van der Waals surface area contributed by atoms with Gasteiger partial charge in [-0.15, -0.1) is 0 Å². The van der Waals surface area contributed by atoms with Crippen molar-refractivity contribution < 1.29 is 4.79 Å². The van der Waals surface area contributed by atoms with Gasteiger partial charge in [0.15, 0.2) is 0 Å². The molecule has 3 atom stereocenters. The molecule has 3 unspecified atom stereocenters. The predicted molar refractivity (Wildman–Crippen MR) is 65.1 cm³/mol. The molecule has 0 aliphatic carbocycles. The van der Waals surface area contributed by atoms with Gasteiger partial charge in [0, 0.05) is 24.5 Å². The summed E-state index contributed by atoms with van der Waals surface area (Å²) >= 11 is 0. The number of fused-ring (bicyclic) bond motifs is 1. The molecular weight excluding hydrogens is 200 g/mol. The van der Waals surface area contributed by atoms with Gasteiger partial charge in [0.05, 0.1) is 0 Å². The zero-order chi connectivity index (χ0) is 11.7. The quantitative estimate of drug-likeness (QED) is 0.773. The summed E-state index contributed by atoms with van der Waals surface area (Å²) in [4.78, 5) is 14.5. The third-order valence-electron chi connectivity index (χ3n) is 4.30. The zero-order valence-corrected chi connectivity index (χ0v) is 10.7. The van der Waals surface area contributed by atoms with E-state index < -0.39 is 0 Å². The van der Waals surface area contributed by atoms with Crippen LogP contribution in [0, 0.1) is 11.8 Å². The highest BCUT2D eigenvalue weighted by molar-refractivity contribution is 5.79. The number of piperidine rings is 1. The summed E-state index contributed by atoms with van der Waals surface area (Å²) < 4.78 is 0. The van der Waals surface area contributed by atoms with Crippen molar-refractivity contribution in [3.63, 3.8) is 0 Å². The van der Waals surface area contributed by atoms with Crippen LogP contribution >= 0.6 is 0 Å². The molecule has 3 heteroatoms. The first-order chi connectivity index (χ1) is 7.61. The molecule has 2 rings (SSSR count). The van der Waals surface area contributed by atoms with Crippen LogP contribution < -0.4 is 5.32 Å². The van der Waals surface area contributed by atoms with E-state index in [1.807, 2.05) is 0 Å². The van der Waals surface area contributed by atoms with Gasteiger partial charge in [0.1, 0.15) is 0 Å². The van der Waals surface area contributed by atoms with Crippen LogP contribution in [-0.2, 0) is 4.79 Å². The Balaban J connectivity index is 2.05. The van der Waals surface area contributed by atoms with Crippen LogP contribution in [0.3, 0.4) is 0 Å². The largest absolute Gasteiger partial charge is 0.338 e. The molecule has 3 nitrogen and oxygen atoms in total. The fourth-order valence-corrected chi connectivity index (χ4v) is 2.89.